The molecule has 110 valence electrons. The lowest BCUT2D eigenvalue weighted by atomic mass is 10.2. The van der Waals surface area contributed by atoms with Gasteiger partial charge in [-0.3, -0.25) is 9.69 Å². The van der Waals surface area contributed by atoms with Crippen LogP contribution in [0, 0.1) is 0 Å². The number of benzene rings is 1. The van der Waals surface area contributed by atoms with Crippen LogP contribution in [0.3, 0.4) is 0 Å². The highest BCUT2D eigenvalue weighted by molar-refractivity contribution is 5.94. The van der Waals surface area contributed by atoms with Crippen molar-refractivity contribution in [2.45, 2.75) is 13.0 Å². The third kappa shape index (κ3) is 3.85. The number of nitrogens with zero attached hydrogens (tertiary/aromatic N) is 1. The highest BCUT2D eigenvalue weighted by atomic mass is 16.5. The molecule has 6 heteroatoms. The van der Waals surface area contributed by atoms with Gasteiger partial charge in [0.15, 0.2) is 0 Å². The Morgan fingerprint density at radius 1 is 1.60 bits per heavy atom. The number of morpholine rings is 1. The Hall–Kier alpha value is -1.79. The molecule has 1 atom stereocenters. The van der Waals surface area contributed by atoms with Gasteiger partial charge >= 0.3 is 0 Å². The van der Waals surface area contributed by atoms with Crippen LogP contribution >= 0.6 is 0 Å². The van der Waals surface area contributed by atoms with E-state index in [2.05, 4.69) is 10.2 Å². The normalized spacial score (nSPS) is 19.6. The Labute approximate surface area is 118 Å². The van der Waals surface area contributed by atoms with E-state index in [0.717, 1.165) is 13.1 Å². The van der Waals surface area contributed by atoms with Crippen molar-refractivity contribution in [2.24, 2.45) is 0 Å². The molecule has 1 amide bonds. The van der Waals surface area contributed by atoms with Crippen molar-refractivity contribution < 1.29 is 14.3 Å². The molecule has 1 aromatic rings. The molecular formula is C14H21N3O3. The number of nitrogen functional groups attached to an aromatic ring is 1. The molecule has 1 aliphatic heterocycles. The number of ether oxygens (including phenoxy) is 2. The van der Waals surface area contributed by atoms with Crippen molar-refractivity contribution in [3.05, 3.63) is 18.2 Å². The Morgan fingerprint density at radius 2 is 2.40 bits per heavy atom. The number of rotatable bonds is 4. The number of carbonyl (C=O) groups is 1. The van der Waals surface area contributed by atoms with Crippen LogP contribution in [0.2, 0.25) is 0 Å². The number of amides is 1. The van der Waals surface area contributed by atoms with Gasteiger partial charge in [0.1, 0.15) is 5.75 Å². The third-order valence-corrected chi connectivity index (χ3v) is 3.19. The predicted octanol–water partition coefficient (Wildman–Crippen LogP) is 0.937. The molecule has 1 fully saturated rings. The molecule has 0 aliphatic carbocycles. The van der Waals surface area contributed by atoms with E-state index in [4.69, 9.17) is 15.2 Å². The smallest absolute Gasteiger partial charge is 0.238 e. The summed E-state index contributed by atoms with van der Waals surface area (Å²) in [6.45, 7) is 4.57. The molecule has 6 nitrogen and oxygen atoms in total. The lowest BCUT2D eigenvalue weighted by Crippen LogP contribution is -2.44. The van der Waals surface area contributed by atoms with E-state index >= 15 is 0 Å². The van der Waals surface area contributed by atoms with Gasteiger partial charge < -0.3 is 20.5 Å². The van der Waals surface area contributed by atoms with E-state index in [1.807, 2.05) is 6.92 Å². The number of anilines is 2. The SMILES string of the molecule is COc1cc(N)ccc1NC(=O)CN1CCOC(C)C1. The summed E-state index contributed by atoms with van der Waals surface area (Å²) >= 11 is 0. The molecule has 0 bridgehead atoms. The zero-order valence-corrected chi connectivity index (χ0v) is 11.9. The summed E-state index contributed by atoms with van der Waals surface area (Å²) in [5.41, 5.74) is 6.92. The Bertz CT molecular complexity index is 479. The van der Waals surface area contributed by atoms with Gasteiger partial charge in [-0.25, -0.2) is 0 Å². The minimum atomic E-state index is -0.0674. The van der Waals surface area contributed by atoms with Crippen LogP contribution in [-0.2, 0) is 9.53 Å². The molecule has 1 aliphatic rings. The minimum Gasteiger partial charge on any atom is -0.494 e. The van der Waals surface area contributed by atoms with Crippen LogP contribution in [0.1, 0.15) is 6.92 Å². The summed E-state index contributed by atoms with van der Waals surface area (Å²) < 4.78 is 10.7. The van der Waals surface area contributed by atoms with Crippen LogP contribution in [0.25, 0.3) is 0 Å². The van der Waals surface area contributed by atoms with Gasteiger partial charge in [-0.1, -0.05) is 0 Å². The van der Waals surface area contributed by atoms with E-state index in [9.17, 15) is 4.79 Å². The van der Waals surface area contributed by atoms with Crippen molar-refractivity contribution in [1.29, 1.82) is 0 Å². The van der Waals surface area contributed by atoms with E-state index in [1.54, 1.807) is 25.3 Å². The van der Waals surface area contributed by atoms with E-state index in [0.29, 0.717) is 30.3 Å². The minimum absolute atomic E-state index is 0.0674. The molecule has 2 rings (SSSR count). The fraction of sp³-hybridized carbons (Fsp3) is 0.500. The van der Waals surface area contributed by atoms with Gasteiger partial charge in [-0.05, 0) is 19.1 Å². The molecular weight excluding hydrogens is 258 g/mol. The summed E-state index contributed by atoms with van der Waals surface area (Å²) in [6.07, 6.45) is 0.169. The largest absolute Gasteiger partial charge is 0.494 e. The third-order valence-electron chi connectivity index (χ3n) is 3.19. The maximum absolute atomic E-state index is 12.1. The quantitative estimate of drug-likeness (QED) is 0.802. The number of hydrogen-bond acceptors (Lipinski definition) is 5. The first-order chi connectivity index (χ1) is 9.58. The number of methoxy groups -OCH3 is 1. The molecule has 0 aromatic heterocycles. The lowest BCUT2D eigenvalue weighted by molar-refractivity contribution is -0.119. The molecule has 0 radical (unpaired) electrons. The fourth-order valence-electron chi connectivity index (χ4n) is 2.24. The second-order valence-electron chi connectivity index (χ2n) is 4.92. The van der Waals surface area contributed by atoms with Crippen LogP contribution in [0.4, 0.5) is 11.4 Å². The average Bonchev–Trinajstić information content (AvgIpc) is 2.40. The second-order valence-corrected chi connectivity index (χ2v) is 4.92. The second kappa shape index (κ2) is 6.58. The van der Waals surface area contributed by atoms with Crippen molar-refractivity contribution in [1.82, 2.24) is 4.90 Å². The topological polar surface area (TPSA) is 76.8 Å². The van der Waals surface area contributed by atoms with E-state index < -0.39 is 0 Å². The summed E-state index contributed by atoms with van der Waals surface area (Å²) in [7, 11) is 1.55. The Kier molecular flexibility index (Phi) is 4.81. The van der Waals surface area contributed by atoms with Crippen molar-refractivity contribution in [3.63, 3.8) is 0 Å². The highest BCUT2D eigenvalue weighted by Crippen LogP contribution is 2.26. The molecule has 20 heavy (non-hydrogen) atoms. The van der Waals surface area contributed by atoms with Gasteiger partial charge in [0, 0.05) is 24.8 Å². The van der Waals surface area contributed by atoms with Crippen LogP contribution in [0.5, 0.6) is 5.75 Å². The number of nitrogens with two attached hydrogens (primary N) is 1. The molecule has 3 N–H and O–H groups in total. The molecule has 0 saturated carbocycles. The molecule has 0 spiro atoms. The predicted molar refractivity (Wildman–Crippen MR) is 77.9 cm³/mol. The van der Waals surface area contributed by atoms with Gasteiger partial charge in [0.2, 0.25) is 5.91 Å². The zero-order chi connectivity index (χ0) is 14.5. The fourth-order valence-corrected chi connectivity index (χ4v) is 2.24. The number of nitrogens with one attached hydrogen (secondary N) is 1. The first-order valence-electron chi connectivity index (χ1n) is 6.66. The lowest BCUT2D eigenvalue weighted by Gasteiger charge is -2.30. The van der Waals surface area contributed by atoms with Gasteiger partial charge in [-0.15, -0.1) is 0 Å². The average molecular weight is 279 g/mol. The summed E-state index contributed by atoms with van der Waals surface area (Å²) in [5, 5.41) is 2.85. The molecule has 1 heterocycles. The zero-order valence-electron chi connectivity index (χ0n) is 11.9. The van der Waals surface area contributed by atoms with Gasteiger partial charge in [0.25, 0.3) is 0 Å². The monoisotopic (exact) mass is 279 g/mol. The first-order valence-corrected chi connectivity index (χ1v) is 6.66. The van der Waals surface area contributed by atoms with Crippen molar-refractivity contribution >= 4 is 17.3 Å². The number of carbonyl (C=O) groups excluding carboxylic acids is 1. The maximum atomic E-state index is 12.1. The van der Waals surface area contributed by atoms with Crippen LogP contribution < -0.4 is 15.8 Å². The van der Waals surface area contributed by atoms with E-state index in [-0.39, 0.29) is 12.0 Å². The van der Waals surface area contributed by atoms with Crippen molar-refractivity contribution in [3.8, 4) is 5.75 Å². The maximum Gasteiger partial charge on any atom is 0.238 e. The standard InChI is InChI=1S/C14H21N3O3/c1-10-8-17(5-6-20-10)9-14(18)16-12-4-3-11(15)7-13(12)19-2/h3-4,7,10H,5-6,8-9,15H2,1-2H3,(H,16,18). The summed E-state index contributed by atoms with van der Waals surface area (Å²) in [4.78, 5) is 14.1. The Balaban J connectivity index is 1.94. The molecule has 1 aromatic carbocycles. The van der Waals surface area contributed by atoms with Crippen LogP contribution in [-0.4, -0.2) is 50.3 Å². The molecule has 1 saturated heterocycles. The summed E-state index contributed by atoms with van der Waals surface area (Å²) in [5.74, 6) is 0.496. The van der Waals surface area contributed by atoms with E-state index in [1.165, 1.54) is 0 Å². The number of hydrogen-bond donors (Lipinski definition) is 2. The highest BCUT2D eigenvalue weighted by Gasteiger charge is 2.19. The van der Waals surface area contributed by atoms with Crippen molar-refractivity contribution in [2.75, 3.05) is 44.4 Å². The van der Waals surface area contributed by atoms with Gasteiger partial charge in [-0.2, -0.15) is 0 Å². The summed E-state index contributed by atoms with van der Waals surface area (Å²) in [6, 6.07) is 5.16. The Morgan fingerprint density at radius 3 is 3.10 bits per heavy atom. The van der Waals surface area contributed by atoms with Crippen LogP contribution in [0.15, 0.2) is 18.2 Å². The van der Waals surface area contributed by atoms with Gasteiger partial charge in [0.05, 0.1) is 32.1 Å². The molecule has 1 unspecified atom stereocenters. The first kappa shape index (κ1) is 14.6.